The summed E-state index contributed by atoms with van der Waals surface area (Å²) in [6.07, 6.45) is 0. The van der Waals surface area contributed by atoms with Crippen molar-refractivity contribution in [3.8, 4) is 0 Å². The quantitative estimate of drug-likeness (QED) is 0.847. The summed E-state index contributed by atoms with van der Waals surface area (Å²) in [5.41, 5.74) is 6.89. The van der Waals surface area contributed by atoms with Gasteiger partial charge in [0.1, 0.15) is 0 Å². The molecule has 1 atom stereocenters. The highest BCUT2D eigenvalue weighted by Crippen LogP contribution is 2.12. The summed E-state index contributed by atoms with van der Waals surface area (Å²) in [6, 6.07) is 8.01. The molecule has 0 fully saturated rings. The van der Waals surface area contributed by atoms with Gasteiger partial charge in [-0.3, -0.25) is 0 Å². The van der Waals surface area contributed by atoms with E-state index in [1.54, 1.807) is 0 Å². The van der Waals surface area contributed by atoms with Crippen molar-refractivity contribution in [1.29, 1.82) is 0 Å². The summed E-state index contributed by atoms with van der Waals surface area (Å²) in [5.74, 6) is 0. The Morgan fingerprint density at radius 3 is 2.87 bits per heavy atom. The molecular formula is C11H17BrN2O. The van der Waals surface area contributed by atoms with Crippen LogP contribution in [-0.4, -0.2) is 36.2 Å². The SMILES string of the molecule is CN(Cc1cccc(Br)c1)CC(N)CO. The molecule has 0 saturated carbocycles. The Labute approximate surface area is 99.0 Å². The van der Waals surface area contributed by atoms with E-state index in [1.165, 1.54) is 5.56 Å². The van der Waals surface area contributed by atoms with Gasteiger partial charge in [-0.25, -0.2) is 0 Å². The molecule has 0 spiro atoms. The number of nitrogens with two attached hydrogens (primary N) is 1. The lowest BCUT2D eigenvalue weighted by molar-refractivity contribution is 0.218. The minimum Gasteiger partial charge on any atom is -0.395 e. The fraction of sp³-hybridized carbons (Fsp3) is 0.455. The normalized spacial score (nSPS) is 13.1. The van der Waals surface area contributed by atoms with E-state index < -0.39 is 0 Å². The zero-order valence-electron chi connectivity index (χ0n) is 8.86. The zero-order chi connectivity index (χ0) is 11.3. The first kappa shape index (κ1) is 12.6. The van der Waals surface area contributed by atoms with Crippen molar-refractivity contribution in [2.75, 3.05) is 20.2 Å². The molecule has 1 aromatic rings. The molecule has 0 aliphatic carbocycles. The number of likely N-dealkylation sites (N-methyl/N-ethyl adjacent to an activating group) is 1. The van der Waals surface area contributed by atoms with Gasteiger partial charge < -0.3 is 15.7 Å². The van der Waals surface area contributed by atoms with Crippen molar-refractivity contribution in [3.63, 3.8) is 0 Å². The van der Waals surface area contributed by atoms with Gasteiger partial charge in [0.2, 0.25) is 0 Å². The molecule has 0 aromatic heterocycles. The minimum absolute atomic E-state index is 0.0306. The lowest BCUT2D eigenvalue weighted by atomic mass is 10.2. The summed E-state index contributed by atoms with van der Waals surface area (Å²) >= 11 is 3.43. The Morgan fingerprint density at radius 1 is 1.53 bits per heavy atom. The Hall–Kier alpha value is -0.420. The van der Waals surface area contributed by atoms with E-state index >= 15 is 0 Å². The Balaban J connectivity index is 2.47. The highest BCUT2D eigenvalue weighted by atomic mass is 79.9. The number of hydrogen-bond acceptors (Lipinski definition) is 3. The second-order valence-corrected chi connectivity index (χ2v) is 4.69. The predicted molar refractivity (Wildman–Crippen MR) is 65.5 cm³/mol. The van der Waals surface area contributed by atoms with E-state index in [-0.39, 0.29) is 12.6 Å². The molecule has 1 rings (SSSR count). The van der Waals surface area contributed by atoms with E-state index in [0.29, 0.717) is 6.54 Å². The Bertz CT molecular complexity index is 306. The van der Waals surface area contributed by atoms with Crippen LogP contribution in [-0.2, 0) is 6.54 Å². The summed E-state index contributed by atoms with van der Waals surface area (Å²) < 4.78 is 1.08. The molecule has 15 heavy (non-hydrogen) atoms. The van der Waals surface area contributed by atoms with Crippen LogP contribution < -0.4 is 5.73 Å². The van der Waals surface area contributed by atoms with E-state index in [1.807, 2.05) is 19.2 Å². The van der Waals surface area contributed by atoms with Crippen LogP contribution in [0, 0.1) is 0 Å². The third kappa shape index (κ3) is 4.75. The summed E-state index contributed by atoms with van der Waals surface area (Å²) in [5, 5.41) is 8.83. The van der Waals surface area contributed by atoms with Crippen LogP contribution in [0.4, 0.5) is 0 Å². The fourth-order valence-electron chi connectivity index (χ4n) is 1.47. The van der Waals surface area contributed by atoms with Crippen LogP contribution >= 0.6 is 15.9 Å². The van der Waals surface area contributed by atoms with Gasteiger partial charge in [-0.15, -0.1) is 0 Å². The molecule has 0 saturated heterocycles. The Morgan fingerprint density at radius 2 is 2.27 bits per heavy atom. The number of aliphatic hydroxyl groups is 1. The lowest BCUT2D eigenvalue weighted by Crippen LogP contribution is -2.37. The van der Waals surface area contributed by atoms with Gasteiger partial charge in [-0.2, -0.15) is 0 Å². The maximum Gasteiger partial charge on any atom is 0.0595 e. The van der Waals surface area contributed by atoms with Gasteiger partial charge in [-0.1, -0.05) is 28.1 Å². The molecule has 0 heterocycles. The van der Waals surface area contributed by atoms with E-state index in [9.17, 15) is 0 Å². The average molecular weight is 273 g/mol. The van der Waals surface area contributed by atoms with Crippen LogP contribution in [0.1, 0.15) is 5.56 Å². The van der Waals surface area contributed by atoms with Crippen LogP contribution in [0.25, 0.3) is 0 Å². The van der Waals surface area contributed by atoms with Crippen molar-refractivity contribution >= 4 is 15.9 Å². The van der Waals surface area contributed by atoms with Crippen molar-refractivity contribution in [1.82, 2.24) is 4.90 Å². The molecule has 4 heteroatoms. The summed E-state index contributed by atoms with van der Waals surface area (Å²) in [4.78, 5) is 2.10. The van der Waals surface area contributed by atoms with Gasteiger partial charge >= 0.3 is 0 Å². The van der Waals surface area contributed by atoms with Gasteiger partial charge in [-0.05, 0) is 24.7 Å². The van der Waals surface area contributed by atoms with Gasteiger partial charge in [0.05, 0.1) is 6.61 Å². The molecule has 1 unspecified atom stereocenters. The highest BCUT2D eigenvalue weighted by molar-refractivity contribution is 9.10. The zero-order valence-corrected chi connectivity index (χ0v) is 10.4. The standard InChI is InChI=1S/C11H17BrN2O/c1-14(7-11(13)8-15)6-9-3-2-4-10(12)5-9/h2-5,11,15H,6-8,13H2,1H3. The molecule has 3 N–H and O–H groups in total. The van der Waals surface area contributed by atoms with Crippen molar-refractivity contribution in [3.05, 3.63) is 34.3 Å². The predicted octanol–water partition coefficient (Wildman–Crippen LogP) is 1.20. The van der Waals surface area contributed by atoms with Crippen LogP contribution in [0.5, 0.6) is 0 Å². The topological polar surface area (TPSA) is 49.5 Å². The van der Waals surface area contributed by atoms with Crippen molar-refractivity contribution in [2.24, 2.45) is 5.73 Å². The monoisotopic (exact) mass is 272 g/mol. The van der Waals surface area contributed by atoms with Gasteiger partial charge in [0.25, 0.3) is 0 Å². The molecule has 1 aromatic carbocycles. The molecule has 84 valence electrons. The molecule has 0 aliphatic heterocycles. The number of nitrogens with zero attached hydrogens (tertiary/aromatic N) is 1. The number of hydrogen-bond donors (Lipinski definition) is 2. The average Bonchev–Trinajstić information content (AvgIpc) is 2.17. The third-order valence-electron chi connectivity index (χ3n) is 2.12. The first-order valence-corrected chi connectivity index (χ1v) is 5.70. The minimum atomic E-state index is -0.165. The number of aliphatic hydroxyl groups excluding tert-OH is 1. The Kier molecular flexibility index (Phi) is 5.25. The number of rotatable bonds is 5. The molecule has 0 amide bonds. The molecule has 3 nitrogen and oxygen atoms in total. The van der Waals surface area contributed by atoms with E-state index in [0.717, 1.165) is 11.0 Å². The van der Waals surface area contributed by atoms with Gasteiger partial charge in [0.15, 0.2) is 0 Å². The number of benzene rings is 1. The van der Waals surface area contributed by atoms with Crippen LogP contribution in [0.15, 0.2) is 28.7 Å². The van der Waals surface area contributed by atoms with Crippen LogP contribution in [0.3, 0.4) is 0 Å². The third-order valence-corrected chi connectivity index (χ3v) is 2.62. The van der Waals surface area contributed by atoms with Crippen molar-refractivity contribution < 1.29 is 5.11 Å². The maximum atomic E-state index is 8.83. The number of halogens is 1. The van der Waals surface area contributed by atoms with E-state index in [2.05, 4.69) is 33.0 Å². The van der Waals surface area contributed by atoms with E-state index in [4.69, 9.17) is 10.8 Å². The summed E-state index contributed by atoms with van der Waals surface area (Å²) in [6.45, 7) is 1.57. The largest absolute Gasteiger partial charge is 0.395 e. The molecule has 0 bridgehead atoms. The second kappa shape index (κ2) is 6.23. The van der Waals surface area contributed by atoms with Crippen LogP contribution in [0.2, 0.25) is 0 Å². The second-order valence-electron chi connectivity index (χ2n) is 3.77. The summed E-state index contributed by atoms with van der Waals surface area (Å²) in [7, 11) is 2.00. The maximum absolute atomic E-state index is 8.83. The van der Waals surface area contributed by atoms with Crippen molar-refractivity contribution in [2.45, 2.75) is 12.6 Å². The highest BCUT2D eigenvalue weighted by Gasteiger charge is 2.06. The molecular weight excluding hydrogens is 256 g/mol. The first-order chi connectivity index (χ1) is 7.11. The first-order valence-electron chi connectivity index (χ1n) is 4.91. The fourth-order valence-corrected chi connectivity index (χ4v) is 1.92. The lowest BCUT2D eigenvalue weighted by Gasteiger charge is -2.20. The smallest absolute Gasteiger partial charge is 0.0595 e. The van der Waals surface area contributed by atoms with Gasteiger partial charge in [0, 0.05) is 23.6 Å². The molecule has 0 radical (unpaired) electrons. The molecule has 0 aliphatic rings.